The van der Waals surface area contributed by atoms with Gasteiger partial charge in [0.05, 0.1) is 17.2 Å². The maximum absolute atomic E-state index is 10.2. The Morgan fingerprint density at radius 1 is 1.10 bits per heavy atom. The molecule has 0 spiro atoms. The van der Waals surface area contributed by atoms with Crippen LogP contribution in [0, 0.1) is 0 Å². The molecule has 2 aromatic rings. The van der Waals surface area contributed by atoms with Crippen molar-refractivity contribution in [3.05, 3.63) is 63.6 Å². The normalized spacial score (nSPS) is 14.0. The molecule has 0 unspecified atom stereocenters. The van der Waals surface area contributed by atoms with Crippen LogP contribution >= 0.6 is 23.2 Å². The smallest absolute Gasteiger partial charge is 0.123 e. The zero-order valence-corrected chi connectivity index (χ0v) is 12.1. The lowest BCUT2D eigenvalue weighted by atomic mass is 9.96. The molecule has 3 nitrogen and oxygen atoms in total. The lowest BCUT2D eigenvalue weighted by Gasteiger charge is -2.21. The number of hydrogen-bond acceptors (Lipinski definition) is 3. The topological polar surface area (TPSA) is 66.5 Å². The highest BCUT2D eigenvalue weighted by Gasteiger charge is 2.23. The summed E-state index contributed by atoms with van der Waals surface area (Å²) in [6.45, 7) is 0. The Hall–Kier alpha value is -1.26. The molecule has 0 saturated carbocycles. The quantitative estimate of drug-likeness (QED) is 0.811. The molecule has 0 aliphatic carbocycles. The fourth-order valence-electron chi connectivity index (χ4n) is 2.08. The van der Waals surface area contributed by atoms with Crippen molar-refractivity contribution in [1.29, 1.82) is 0 Å². The summed E-state index contributed by atoms with van der Waals surface area (Å²) in [7, 11) is 0. The summed E-state index contributed by atoms with van der Waals surface area (Å²) in [6.07, 6.45) is -0.484. The van der Waals surface area contributed by atoms with Crippen LogP contribution in [-0.2, 0) is 6.42 Å². The zero-order chi connectivity index (χ0) is 14.7. The standard InChI is InChI=1S/C15H15Cl2NO2/c16-10-7-11(17)14(12(19)8-10)15(18)13(20)6-9-4-2-1-3-5-9/h1-5,7-8,13,15,19-20H,6,18H2/t13-,15-/m0/s1. The Morgan fingerprint density at radius 3 is 2.35 bits per heavy atom. The third kappa shape index (κ3) is 3.44. The van der Waals surface area contributed by atoms with Crippen molar-refractivity contribution in [3.8, 4) is 5.75 Å². The number of aliphatic hydroxyl groups is 1. The van der Waals surface area contributed by atoms with Gasteiger partial charge in [-0.05, 0) is 17.7 Å². The number of benzene rings is 2. The second kappa shape index (κ2) is 6.46. The first-order valence-electron chi connectivity index (χ1n) is 6.14. The average molecular weight is 312 g/mol. The van der Waals surface area contributed by atoms with Crippen LogP contribution in [0.4, 0.5) is 0 Å². The lowest BCUT2D eigenvalue weighted by Crippen LogP contribution is -2.28. The van der Waals surface area contributed by atoms with Crippen LogP contribution in [0.3, 0.4) is 0 Å². The molecule has 2 rings (SSSR count). The van der Waals surface area contributed by atoms with E-state index in [9.17, 15) is 10.2 Å². The molecular formula is C15H15Cl2NO2. The number of hydrogen-bond donors (Lipinski definition) is 3. The van der Waals surface area contributed by atoms with Gasteiger partial charge in [0.2, 0.25) is 0 Å². The van der Waals surface area contributed by atoms with E-state index in [-0.39, 0.29) is 10.8 Å². The van der Waals surface area contributed by atoms with E-state index in [0.29, 0.717) is 17.0 Å². The molecule has 0 fully saturated rings. The van der Waals surface area contributed by atoms with Gasteiger partial charge in [-0.15, -0.1) is 0 Å². The van der Waals surface area contributed by atoms with Gasteiger partial charge in [0.1, 0.15) is 5.75 Å². The Balaban J connectivity index is 2.21. The second-order valence-corrected chi connectivity index (χ2v) is 5.45. The van der Waals surface area contributed by atoms with Gasteiger partial charge in [0.15, 0.2) is 0 Å². The molecule has 20 heavy (non-hydrogen) atoms. The number of aliphatic hydroxyl groups excluding tert-OH is 1. The van der Waals surface area contributed by atoms with Crippen LogP contribution < -0.4 is 5.73 Å². The Morgan fingerprint density at radius 2 is 1.75 bits per heavy atom. The number of phenols is 1. The van der Waals surface area contributed by atoms with E-state index < -0.39 is 12.1 Å². The van der Waals surface area contributed by atoms with Crippen LogP contribution in [0.5, 0.6) is 5.75 Å². The van der Waals surface area contributed by atoms with Gasteiger partial charge >= 0.3 is 0 Å². The Bertz CT molecular complexity index is 567. The predicted molar refractivity (Wildman–Crippen MR) is 81.2 cm³/mol. The van der Waals surface area contributed by atoms with E-state index in [0.717, 1.165) is 5.56 Å². The fourth-order valence-corrected chi connectivity index (χ4v) is 2.68. The highest BCUT2D eigenvalue weighted by atomic mass is 35.5. The maximum atomic E-state index is 10.2. The molecule has 2 aromatic carbocycles. The van der Waals surface area contributed by atoms with E-state index >= 15 is 0 Å². The highest BCUT2D eigenvalue weighted by Crippen LogP contribution is 2.35. The number of aromatic hydroxyl groups is 1. The molecular weight excluding hydrogens is 297 g/mol. The molecule has 4 N–H and O–H groups in total. The maximum Gasteiger partial charge on any atom is 0.123 e. The fraction of sp³-hybridized carbons (Fsp3) is 0.200. The average Bonchev–Trinajstić information content (AvgIpc) is 2.38. The monoisotopic (exact) mass is 311 g/mol. The molecule has 0 radical (unpaired) electrons. The summed E-state index contributed by atoms with van der Waals surface area (Å²) in [5.74, 6) is -0.109. The van der Waals surface area contributed by atoms with Gasteiger partial charge in [-0.3, -0.25) is 0 Å². The minimum Gasteiger partial charge on any atom is -0.507 e. The molecule has 0 aliphatic heterocycles. The zero-order valence-electron chi connectivity index (χ0n) is 10.6. The molecule has 0 saturated heterocycles. The predicted octanol–water partition coefficient (Wildman–Crippen LogP) is 3.30. The molecule has 0 heterocycles. The Labute approximate surface area is 127 Å². The number of phenolic OH excluding ortho intramolecular Hbond substituents is 1. The molecule has 0 aliphatic rings. The summed E-state index contributed by atoms with van der Waals surface area (Å²) >= 11 is 11.8. The van der Waals surface area contributed by atoms with Gasteiger partial charge in [-0.25, -0.2) is 0 Å². The van der Waals surface area contributed by atoms with Crippen molar-refractivity contribution in [2.75, 3.05) is 0 Å². The number of rotatable bonds is 4. The molecule has 0 aromatic heterocycles. The first-order chi connectivity index (χ1) is 9.49. The van der Waals surface area contributed by atoms with E-state index in [4.69, 9.17) is 28.9 Å². The van der Waals surface area contributed by atoms with E-state index in [1.165, 1.54) is 12.1 Å². The molecule has 0 amide bonds. The van der Waals surface area contributed by atoms with Crippen molar-refractivity contribution in [2.24, 2.45) is 5.73 Å². The minimum atomic E-state index is -0.859. The minimum absolute atomic E-state index is 0.109. The van der Waals surface area contributed by atoms with Crippen LogP contribution in [0.25, 0.3) is 0 Å². The SMILES string of the molecule is N[C@H](c1c(O)cc(Cl)cc1Cl)[C@@H](O)Cc1ccccc1. The summed E-state index contributed by atoms with van der Waals surface area (Å²) in [5.41, 5.74) is 7.26. The van der Waals surface area contributed by atoms with E-state index in [1.54, 1.807) is 0 Å². The molecule has 106 valence electrons. The summed E-state index contributed by atoms with van der Waals surface area (Å²) in [4.78, 5) is 0. The largest absolute Gasteiger partial charge is 0.507 e. The second-order valence-electron chi connectivity index (χ2n) is 4.60. The molecule has 2 atom stereocenters. The molecule has 0 bridgehead atoms. The van der Waals surface area contributed by atoms with Crippen molar-refractivity contribution < 1.29 is 10.2 Å². The van der Waals surface area contributed by atoms with Gasteiger partial charge in [-0.1, -0.05) is 53.5 Å². The van der Waals surface area contributed by atoms with Gasteiger partial charge in [0.25, 0.3) is 0 Å². The van der Waals surface area contributed by atoms with Crippen molar-refractivity contribution in [2.45, 2.75) is 18.6 Å². The lowest BCUT2D eigenvalue weighted by molar-refractivity contribution is 0.144. The third-order valence-corrected chi connectivity index (χ3v) is 3.64. The summed E-state index contributed by atoms with van der Waals surface area (Å²) in [6, 6.07) is 11.5. The van der Waals surface area contributed by atoms with Crippen molar-refractivity contribution in [1.82, 2.24) is 0 Å². The third-order valence-electron chi connectivity index (χ3n) is 3.11. The first kappa shape index (κ1) is 15.1. The van der Waals surface area contributed by atoms with Crippen LogP contribution in [0.15, 0.2) is 42.5 Å². The van der Waals surface area contributed by atoms with Gasteiger partial charge < -0.3 is 15.9 Å². The van der Waals surface area contributed by atoms with Crippen molar-refractivity contribution >= 4 is 23.2 Å². The Kier molecular flexibility index (Phi) is 4.89. The number of nitrogens with two attached hydrogens (primary N) is 1. The number of halogens is 2. The van der Waals surface area contributed by atoms with Gasteiger partial charge in [0, 0.05) is 17.0 Å². The summed E-state index contributed by atoms with van der Waals surface area (Å²) in [5, 5.41) is 20.7. The van der Waals surface area contributed by atoms with E-state index in [1.807, 2.05) is 30.3 Å². The van der Waals surface area contributed by atoms with Crippen LogP contribution in [-0.4, -0.2) is 16.3 Å². The van der Waals surface area contributed by atoms with Gasteiger partial charge in [-0.2, -0.15) is 0 Å². The van der Waals surface area contributed by atoms with Crippen molar-refractivity contribution in [3.63, 3.8) is 0 Å². The van der Waals surface area contributed by atoms with Crippen LogP contribution in [0.1, 0.15) is 17.2 Å². The van der Waals surface area contributed by atoms with E-state index in [2.05, 4.69) is 0 Å². The molecule has 5 heteroatoms. The highest BCUT2D eigenvalue weighted by molar-refractivity contribution is 6.35. The first-order valence-corrected chi connectivity index (χ1v) is 6.90. The summed E-state index contributed by atoms with van der Waals surface area (Å²) < 4.78 is 0. The van der Waals surface area contributed by atoms with Crippen LogP contribution in [0.2, 0.25) is 10.0 Å².